The van der Waals surface area contributed by atoms with E-state index in [1.165, 1.54) is 53.6 Å². The molecule has 6 rings (SSSR count). The van der Waals surface area contributed by atoms with Gasteiger partial charge in [-0.1, -0.05) is 18.2 Å². The molecule has 5 aromatic rings. The first-order chi connectivity index (χ1) is 14.7. The normalized spacial score (nSPS) is 13.1. The van der Waals surface area contributed by atoms with Crippen LogP contribution in [-0.2, 0) is 12.8 Å². The topological polar surface area (TPSA) is 113 Å². The lowest BCUT2D eigenvalue weighted by atomic mass is 9.96. The second-order valence-electron chi connectivity index (χ2n) is 7.19. The van der Waals surface area contributed by atoms with Gasteiger partial charge >= 0.3 is 0 Å². The second-order valence-corrected chi connectivity index (χ2v) is 8.02. The zero-order valence-electron chi connectivity index (χ0n) is 16.2. The summed E-state index contributed by atoms with van der Waals surface area (Å²) < 4.78 is 0. The molecule has 4 aromatic heterocycles. The number of para-hydroxylation sites is 1. The number of nitrogens with zero attached hydrogens (tertiary/aromatic N) is 3. The number of nitrogens with two attached hydrogens (primary N) is 1. The van der Waals surface area contributed by atoms with Crippen LogP contribution in [0.5, 0.6) is 0 Å². The van der Waals surface area contributed by atoms with Crippen LogP contribution in [0, 0.1) is 0 Å². The van der Waals surface area contributed by atoms with Crippen molar-refractivity contribution in [2.45, 2.75) is 25.7 Å². The average molecular weight is 417 g/mol. The summed E-state index contributed by atoms with van der Waals surface area (Å²) >= 11 is 1.36. The molecule has 0 bridgehead atoms. The molecule has 0 saturated carbocycles. The molecule has 1 aliphatic rings. The van der Waals surface area contributed by atoms with Gasteiger partial charge in [-0.3, -0.25) is 4.79 Å². The molecule has 0 spiro atoms. The Morgan fingerprint density at radius 3 is 2.80 bits per heavy atom. The molecule has 7 nitrogen and oxygen atoms in total. The van der Waals surface area contributed by atoms with Crippen molar-refractivity contribution in [1.82, 2.24) is 24.9 Å². The van der Waals surface area contributed by atoms with Crippen molar-refractivity contribution < 1.29 is 0 Å². The Kier molecular flexibility index (Phi) is 4.76. The van der Waals surface area contributed by atoms with E-state index in [0.717, 1.165) is 0 Å². The lowest BCUT2D eigenvalue weighted by Gasteiger charge is -2.10. The molecule has 0 amide bonds. The van der Waals surface area contributed by atoms with Gasteiger partial charge in [0.25, 0.3) is 5.56 Å². The zero-order valence-corrected chi connectivity index (χ0v) is 17.0. The molecule has 1 aliphatic carbocycles. The highest BCUT2D eigenvalue weighted by Gasteiger charge is 2.14. The van der Waals surface area contributed by atoms with Gasteiger partial charge in [0, 0.05) is 22.8 Å². The van der Waals surface area contributed by atoms with Gasteiger partial charge in [0.1, 0.15) is 10.3 Å². The van der Waals surface area contributed by atoms with Crippen LogP contribution >= 0.6 is 11.3 Å². The summed E-state index contributed by atoms with van der Waals surface area (Å²) in [4.78, 5) is 30.8. The summed E-state index contributed by atoms with van der Waals surface area (Å²) in [5.41, 5.74) is 12.5. The van der Waals surface area contributed by atoms with E-state index in [9.17, 15) is 4.79 Å². The maximum absolute atomic E-state index is 11.6. The van der Waals surface area contributed by atoms with Gasteiger partial charge in [0.2, 0.25) is 0 Å². The highest BCUT2D eigenvalue weighted by molar-refractivity contribution is 7.16. The summed E-state index contributed by atoms with van der Waals surface area (Å²) in [6.07, 6.45) is 6.76. The SMILES string of the molecule is Nc1nc(-c2ccc[nH]c2=O)nc2scnc12.c1ccc2c3c([nH]c2c1)CCCC3. The van der Waals surface area contributed by atoms with E-state index in [-0.39, 0.29) is 11.4 Å². The number of aromatic amines is 2. The Labute approximate surface area is 176 Å². The fourth-order valence-corrected chi connectivity index (χ4v) is 4.53. The number of hydrogen-bond donors (Lipinski definition) is 3. The molecule has 30 heavy (non-hydrogen) atoms. The van der Waals surface area contributed by atoms with Gasteiger partial charge < -0.3 is 15.7 Å². The number of pyridine rings is 1. The van der Waals surface area contributed by atoms with Gasteiger partial charge in [-0.15, -0.1) is 11.3 Å². The van der Waals surface area contributed by atoms with Crippen molar-refractivity contribution in [1.29, 1.82) is 0 Å². The van der Waals surface area contributed by atoms with Gasteiger partial charge in [-0.05, 0) is 49.4 Å². The van der Waals surface area contributed by atoms with Crippen molar-refractivity contribution in [3.63, 3.8) is 0 Å². The summed E-state index contributed by atoms with van der Waals surface area (Å²) in [6, 6.07) is 12.0. The van der Waals surface area contributed by atoms with Crippen LogP contribution in [0.1, 0.15) is 24.1 Å². The van der Waals surface area contributed by atoms with Gasteiger partial charge in [0.05, 0.1) is 11.1 Å². The van der Waals surface area contributed by atoms with Crippen LogP contribution in [0.4, 0.5) is 5.82 Å². The Balaban J connectivity index is 0.000000133. The molecular weight excluding hydrogens is 396 g/mol. The van der Waals surface area contributed by atoms with Crippen LogP contribution in [-0.4, -0.2) is 24.9 Å². The molecule has 0 fully saturated rings. The smallest absolute Gasteiger partial charge is 0.259 e. The van der Waals surface area contributed by atoms with E-state index in [1.807, 2.05) is 0 Å². The number of H-pyrrole nitrogens is 2. The first-order valence-electron chi connectivity index (χ1n) is 9.84. The maximum Gasteiger partial charge on any atom is 0.259 e. The Morgan fingerprint density at radius 1 is 1.03 bits per heavy atom. The molecule has 8 heteroatoms. The number of benzene rings is 1. The van der Waals surface area contributed by atoms with Crippen molar-refractivity contribution in [2.24, 2.45) is 0 Å². The van der Waals surface area contributed by atoms with E-state index in [0.29, 0.717) is 21.7 Å². The van der Waals surface area contributed by atoms with E-state index in [4.69, 9.17) is 5.73 Å². The Hall–Kier alpha value is -3.52. The molecule has 150 valence electrons. The van der Waals surface area contributed by atoms with Crippen molar-refractivity contribution in [3.05, 3.63) is 69.7 Å². The third-order valence-corrected chi connectivity index (χ3v) is 6.01. The third kappa shape index (κ3) is 3.35. The first-order valence-corrected chi connectivity index (χ1v) is 10.7. The van der Waals surface area contributed by atoms with Crippen LogP contribution in [0.2, 0.25) is 0 Å². The number of nitrogens with one attached hydrogen (secondary N) is 2. The predicted octanol–water partition coefficient (Wildman–Crippen LogP) is 4.07. The predicted molar refractivity (Wildman–Crippen MR) is 121 cm³/mol. The first kappa shape index (κ1) is 18.5. The summed E-state index contributed by atoms with van der Waals surface area (Å²) in [6.45, 7) is 0. The van der Waals surface area contributed by atoms with Crippen LogP contribution < -0.4 is 11.3 Å². The van der Waals surface area contributed by atoms with Crippen molar-refractivity contribution >= 4 is 38.4 Å². The van der Waals surface area contributed by atoms with Gasteiger partial charge in [0.15, 0.2) is 11.6 Å². The van der Waals surface area contributed by atoms with Crippen LogP contribution in [0.3, 0.4) is 0 Å². The van der Waals surface area contributed by atoms with Crippen molar-refractivity contribution in [2.75, 3.05) is 5.73 Å². The molecule has 4 heterocycles. The standard InChI is InChI=1S/C12H13N.C10H7N5OS/c1-3-7-11-9(5-1)10-6-2-4-8-12(10)13-11;11-7-6-10(17-4-13-6)15-8(14-7)5-2-1-3-12-9(5)16/h1,3,5,7,13H,2,4,6,8H2;1-4H,(H,12,16)(H2,11,14,15). The Bertz CT molecular complexity index is 1400. The molecular formula is C22H20N6OS. The molecule has 0 saturated heterocycles. The van der Waals surface area contributed by atoms with E-state index >= 15 is 0 Å². The number of nitrogen functional groups attached to an aromatic ring is 1. The number of aryl methyl sites for hydroxylation is 2. The summed E-state index contributed by atoms with van der Waals surface area (Å²) in [7, 11) is 0. The van der Waals surface area contributed by atoms with E-state index in [1.54, 1.807) is 29.4 Å². The number of aromatic nitrogens is 5. The van der Waals surface area contributed by atoms with E-state index in [2.05, 4.69) is 49.2 Å². The monoisotopic (exact) mass is 416 g/mol. The van der Waals surface area contributed by atoms with Crippen LogP contribution in [0.15, 0.2) is 52.9 Å². The molecule has 0 atom stereocenters. The fourth-order valence-electron chi connectivity index (χ4n) is 3.86. The minimum atomic E-state index is -0.240. The molecule has 0 aliphatic heterocycles. The fraction of sp³-hybridized carbons (Fsp3) is 0.182. The van der Waals surface area contributed by atoms with E-state index < -0.39 is 0 Å². The highest BCUT2D eigenvalue weighted by atomic mass is 32.1. The summed E-state index contributed by atoms with van der Waals surface area (Å²) in [5, 5.41) is 1.44. The maximum atomic E-state index is 11.6. The molecule has 0 unspecified atom stereocenters. The lowest BCUT2D eigenvalue weighted by Crippen LogP contribution is -2.09. The zero-order chi connectivity index (χ0) is 20.5. The largest absolute Gasteiger partial charge is 0.382 e. The summed E-state index contributed by atoms with van der Waals surface area (Å²) in [5.74, 6) is 0.607. The quantitative estimate of drug-likeness (QED) is 0.381. The van der Waals surface area contributed by atoms with Gasteiger partial charge in [-0.25, -0.2) is 15.0 Å². The molecule has 1 aromatic carbocycles. The molecule has 4 N–H and O–H groups in total. The lowest BCUT2D eigenvalue weighted by molar-refractivity contribution is 0.680. The highest BCUT2D eigenvalue weighted by Crippen LogP contribution is 2.28. The number of rotatable bonds is 1. The number of hydrogen-bond acceptors (Lipinski definition) is 6. The van der Waals surface area contributed by atoms with Crippen molar-refractivity contribution in [3.8, 4) is 11.4 Å². The van der Waals surface area contributed by atoms with Gasteiger partial charge in [-0.2, -0.15) is 0 Å². The minimum absolute atomic E-state index is 0.240. The second kappa shape index (κ2) is 7.72. The number of anilines is 1. The molecule has 0 radical (unpaired) electrons. The van der Waals surface area contributed by atoms with Crippen LogP contribution in [0.25, 0.3) is 32.6 Å². The number of fused-ring (bicyclic) bond motifs is 4. The third-order valence-electron chi connectivity index (χ3n) is 5.29. The Morgan fingerprint density at radius 2 is 1.90 bits per heavy atom. The minimum Gasteiger partial charge on any atom is -0.382 e. The average Bonchev–Trinajstić information content (AvgIpc) is 3.39. The number of thiazole rings is 1.